The highest BCUT2D eigenvalue weighted by Gasteiger charge is 2.35. The second-order valence-corrected chi connectivity index (χ2v) is 14.9. The number of hydrogen-bond donors (Lipinski definition) is 0. The Morgan fingerprint density at radius 3 is 1.29 bits per heavy atom. The third kappa shape index (κ3) is 4.60. The van der Waals surface area contributed by atoms with E-state index >= 15 is 0 Å². The second kappa shape index (κ2) is 9.93. The molecule has 0 unspecified atom stereocenters. The van der Waals surface area contributed by atoms with Crippen LogP contribution in [0.15, 0.2) is 90.0 Å². The summed E-state index contributed by atoms with van der Waals surface area (Å²) in [6, 6.07) is 15.2. The molecule has 1 aliphatic heterocycles. The van der Waals surface area contributed by atoms with Gasteiger partial charge in [0, 0.05) is 12.1 Å². The Labute approximate surface area is 244 Å². The second-order valence-electron chi connectivity index (χ2n) is 8.49. The molecule has 5 nitrogen and oxygen atoms in total. The molecule has 0 bridgehead atoms. The highest BCUT2D eigenvalue weighted by atomic mass is 35.5. The number of halogens is 4. The maximum Gasteiger partial charge on any atom is 0.209 e. The van der Waals surface area contributed by atoms with E-state index in [0.29, 0.717) is 0 Å². The van der Waals surface area contributed by atoms with Crippen molar-refractivity contribution in [3.8, 4) is 11.5 Å². The van der Waals surface area contributed by atoms with Crippen molar-refractivity contribution in [1.29, 1.82) is 0 Å². The van der Waals surface area contributed by atoms with Gasteiger partial charge in [-0.15, -0.1) is 0 Å². The van der Waals surface area contributed by atoms with Crippen LogP contribution in [-0.2, 0) is 19.7 Å². The zero-order valence-electron chi connectivity index (χ0n) is 19.6. The van der Waals surface area contributed by atoms with Crippen LogP contribution in [0, 0.1) is 13.8 Å². The van der Waals surface area contributed by atoms with Gasteiger partial charge < -0.3 is 4.74 Å². The number of ether oxygens (including phenoxy) is 1. The van der Waals surface area contributed by atoms with E-state index in [4.69, 9.17) is 51.1 Å². The molecule has 4 aromatic rings. The number of sulfone groups is 2. The first-order chi connectivity index (χ1) is 17.8. The molecule has 1 heterocycles. The Morgan fingerprint density at radius 2 is 0.947 bits per heavy atom. The van der Waals surface area contributed by atoms with E-state index in [1.165, 1.54) is 36.4 Å². The number of fused-ring (bicyclic) bond motifs is 2. The lowest BCUT2D eigenvalue weighted by Crippen LogP contribution is -2.08. The maximum absolute atomic E-state index is 13.5. The first-order valence-electron chi connectivity index (χ1n) is 10.9. The van der Waals surface area contributed by atoms with Gasteiger partial charge in [0.05, 0.1) is 39.7 Å². The summed E-state index contributed by atoms with van der Waals surface area (Å²) in [6.45, 7) is 3.67. The molecule has 5 rings (SSSR count). The predicted octanol–water partition coefficient (Wildman–Crippen LogP) is 8.84. The van der Waals surface area contributed by atoms with Crippen molar-refractivity contribution >= 4 is 77.8 Å². The monoisotopic (exact) mass is 644 g/mol. The molecule has 0 saturated heterocycles. The van der Waals surface area contributed by atoms with Crippen molar-refractivity contribution in [3.05, 3.63) is 91.9 Å². The minimum Gasteiger partial charge on any atom is -0.455 e. The Balaban J connectivity index is 1.65. The summed E-state index contributed by atoms with van der Waals surface area (Å²) in [6.07, 6.45) is 0. The van der Waals surface area contributed by atoms with Crippen LogP contribution in [0.3, 0.4) is 0 Å². The third-order valence-electron chi connectivity index (χ3n) is 5.82. The molecular formula is C26H16Cl4O5S3. The molecule has 1 aliphatic rings. The van der Waals surface area contributed by atoms with Gasteiger partial charge in [0.25, 0.3) is 0 Å². The summed E-state index contributed by atoms with van der Waals surface area (Å²) in [4.78, 5) is -0.106. The lowest BCUT2D eigenvalue weighted by atomic mass is 10.2. The van der Waals surface area contributed by atoms with Gasteiger partial charge in [0.2, 0.25) is 19.7 Å². The molecule has 0 amide bonds. The molecular weight excluding hydrogens is 630 g/mol. The average molecular weight is 646 g/mol. The molecule has 0 spiro atoms. The third-order valence-corrected chi connectivity index (χ3v) is 12.8. The van der Waals surface area contributed by atoms with E-state index in [9.17, 15) is 16.8 Å². The van der Waals surface area contributed by atoms with Crippen LogP contribution in [0.2, 0.25) is 20.1 Å². The normalized spacial score (nSPS) is 13.0. The van der Waals surface area contributed by atoms with Gasteiger partial charge in [-0.2, -0.15) is 0 Å². The summed E-state index contributed by atoms with van der Waals surface area (Å²) in [5, 5.41) is -0.598. The molecule has 0 saturated carbocycles. The fourth-order valence-electron chi connectivity index (χ4n) is 3.85. The minimum absolute atomic E-state index is 0.0188. The quantitative estimate of drug-likeness (QED) is 0.194. The van der Waals surface area contributed by atoms with Crippen molar-refractivity contribution in [3.63, 3.8) is 0 Å². The standard InChI is InChI=1S/C26H16Cl4O5S3/c1-13-3-7-15(8-4-13)37(31,32)25-17(27)11-19-23(21(25)29)36-24-20(35-19)12-18(28)26(22(24)30)38(33,34)16-9-5-14(2)6-10-16/h3-12H,1-2H3. The Morgan fingerprint density at radius 1 is 0.605 bits per heavy atom. The Bertz CT molecular complexity index is 1700. The van der Waals surface area contributed by atoms with Gasteiger partial charge >= 0.3 is 0 Å². The van der Waals surface area contributed by atoms with Gasteiger partial charge in [-0.25, -0.2) is 16.8 Å². The largest absolute Gasteiger partial charge is 0.455 e. The summed E-state index contributed by atoms with van der Waals surface area (Å²) in [5.41, 5.74) is 1.77. The summed E-state index contributed by atoms with van der Waals surface area (Å²) < 4.78 is 59.7. The lowest BCUT2D eigenvalue weighted by molar-refractivity contribution is 0.453. The van der Waals surface area contributed by atoms with Crippen LogP contribution in [0.25, 0.3) is 0 Å². The van der Waals surface area contributed by atoms with Crippen LogP contribution in [0.1, 0.15) is 11.1 Å². The van der Waals surface area contributed by atoms with Gasteiger partial charge in [-0.1, -0.05) is 93.6 Å². The molecule has 0 radical (unpaired) electrons. The van der Waals surface area contributed by atoms with Crippen molar-refractivity contribution in [2.45, 2.75) is 43.2 Å². The average Bonchev–Trinajstić information content (AvgIpc) is 2.83. The SMILES string of the molecule is Cc1ccc(S(=O)(=O)c2c(Cl)cc3c(c2Cl)Sc2c(cc(Cl)c(S(=O)(=O)c4ccc(C)cc4)c2Cl)O3)cc1. The zero-order chi connectivity index (χ0) is 27.6. The fourth-order valence-corrected chi connectivity index (χ4v) is 10.1. The van der Waals surface area contributed by atoms with E-state index in [-0.39, 0.29) is 61.0 Å². The number of benzene rings is 4. The van der Waals surface area contributed by atoms with Gasteiger partial charge in [-0.3, -0.25) is 0 Å². The summed E-state index contributed by atoms with van der Waals surface area (Å²) >= 11 is 27.0. The van der Waals surface area contributed by atoms with Crippen LogP contribution in [0.5, 0.6) is 11.5 Å². The van der Waals surface area contributed by atoms with Crippen LogP contribution < -0.4 is 4.74 Å². The first-order valence-corrected chi connectivity index (χ1v) is 16.1. The molecule has 0 atom stereocenters. The predicted molar refractivity (Wildman–Crippen MR) is 150 cm³/mol. The van der Waals surface area contributed by atoms with Crippen LogP contribution >= 0.6 is 58.2 Å². The highest BCUT2D eigenvalue weighted by molar-refractivity contribution is 8.00. The van der Waals surface area contributed by atoms with Crippen molar-refractivity contribution in [2.24, 2.45) is 0 Å². The smallest absolute Gasteiger partial charge is 0.209 e. The molecule has 0 fully saturated rings. The van der Waals surface area contributed by atoms with E-state index in [1.807, 2.05) is 13.8 Å². The Kier molecular flexibility index (Phi) is 7.22. The fraction of sp³-hybridized carbons (Fsp3) is 0.0769. The minimum atomic E-state index is -4.10. The molecule has 12 heteroatoms. The molecule has 0 aromatic heterocycles. The first kappa shape index (κ1) is 27.6. The Hall–Kier alpha value is -1.91. The molecule has 0 aliphatic carbocycles. The van der Waals surface area contributed by atoms with Crippen LogP contribution in [-0.4, -0.2) is 16.8 Å². The van der Waals surface area contributed by atoms with Crippen molar-refractivity contribution < 1.29 is 21.6 Å². The number of aryl methyl sites for hydroxylation is 2. The molecule has 38 heavy (non-hydrogen) atoms. The topological polar surface area (TPSA) is 77.5 Å². The van der Waals surface area contributed by atoms with E-state index in [0.717, 1.165) is 22.9 Å². The van der Waals surface area contributed by atoms with Crippen molar-refractivity contribution in [1.82, 2.24) is 0 Å². The summed E-state index contributed by atoms with van der Waals surface area (Å²) in [7, 11) is -8.20. The zero-order valence-corrected chi connectivity index (χ0v) is 25.0. The number of rotatable bonds is 4. The molecule has 0 N–H and O–H groups in total. The highest BCUT2D eigenvalue weighted by Crippen LogP contribution is 2.57. The lowest BCUT2D eigenvalue weighted by Gasteiger charge is -2.24. The molecule has 196 valence electrons. The van der Waals surface area contributed by atoms with Crippen LogP contribution in [0.4, 0.5) is 0 Å². The van der Waals surface area contributed by atoms with Gasteiger partial charge in [-0.05, 0) is 38.1 Å². The van der Waals surface area contributed by atoms with Gasteiger partial charge in [0.15, 0.2) is 0 Å². The number of hydrogen-bond acceptors (Lipinski definition) is 6. The molecule has 4 aromatic carbocycles. The van der Waals surface area contributed by atoms with Gasteiger partial charge in [0.1, 0.15) is 21.3 Å². The van der Waals surface area contributed by atoms with Crippen molar-refractivity contribution in [2.75, 3.05) is 0 Å². The van der Waals surface area contributed by atoms with E-state index in [2.05, 4.69) is 0 Å². The van der Waals surface area contributed by atoms with E-state index in [1.54, 1.807) is 24.3 Å². The summed E-state index contributed by atoms with van der Waals surface area (Å²) in [5.74, 6) is 0.364. The maximum atomic E-state index is 13.5. The van der Waals surface area contributed by atoms with E-state index < -0.39 is 19.7 Å².